The SMILES string of the molecule is C[C@@H]1CN(C(=O)c2ccccc2)CCN1C(=O)C(=O)c1c[nH]c2c(C(=O)Cl)cccc12. The van der Waals surface area contributed by atoms with Crippen molar-refractivity contribution < 1.29 is 19.2 Å². The predicted octanol–water partition coefficient (Wildman–Crippen LogP) is 3.10. The lowest BCUT2D eigenvalue weighted by Gasteiger charge is -2.39. The first kappa shape index (κ1) is 20.8. The molecule has 4 rings (SSSR count). The zero-order chi connectivity index (χ0) is 22.1. The molecule has 0 radical (unpaired) electrons. The van der Waals surface area contributed by atoms with E-state index in [1.807, 2.05) is 13.0 Å². The zero-order valence-electron chi connectivity index (χ0n) is 16.8. The van der Waals surface area contributed by atoms with Gasteiger partial charge in [0, 0.05) is 42.8 Å². The van der Waals surface area contributed by atoms with Crippen LogP contribution in [0, 0.1) is 0 Å². The second kappa shape index (κ2) is 8.35. The molecule has 0 saturated carbocycles. The lowest BCUT2D eigenvalue weighted by molar-refractivity contribution is -0.130. The van der Waals surface area contributed by atoms with Crippen molar-refractivity contribution in [3.05, 3.63) is 71.4 Å². The van der Waals surface area contributed by atoms with Crippen LogP contribution in [0.15, 0.2) is 54.7 Å². The van der Waals surface area contributed by atoms with Gasteiger partial charge in [0.1, 0.15) is 0 Å². The van der Waals surface area contributed by atoms with E-state index in [0.717, 1.165) is 0 Å². The summed E-state index contributed by atoms with van der Waals surface area (Å²) in [7, 11) is 0. The van der Waals surface area contributed by atoms with Crippen molar-refractivity contribution in [2.45, 2.75) is 13.0 Å². The van der Waals surface area contributed by atoms with Crippen molar-refractivity contribution in [1.29, 1.82) is 0 Å². The highest BCUT2D eigenvalue weighted by atomic mass is 35.5. The van der Waals surface area contributed by atoms with Crippen LogP contribution < -0.4 is 0 Å². The maximum Gasteiger partial charge on any atom is 0.295 e. The number of hydrogen-bond donors (Lipinski definition) is 1. The zero-order valence-corrected chi connectivity index (χ0v) is 17.6. The van der Waals surface area contributed by atoms with E-state index in [0.29, 0.717) is 29.6 Å². The van der Waals surface area contributed by atoms with Crippen LogP contribution in [0.25, 0.3) is 10.9 Å². The van der Waals surface area contributed by atoms with Gasteiger partial charge in [0.2, 0.25) is 0 Å². The maximum absolute atomic E-state index is 13.0. The number of aromatic amines is 1. The Morgan fingerprint density at radius 3 is 2.39 bits per heavy atom. The molecule has 1 fully saturated rings. The van der Waals surface area contributed by atoms with E-state index in [-0.39, 0.29) is 29.6 Å². The largest absolute Gasteiger partial charge is 0.360 e. The quantitative estimate of drug-likeness (QED) is 0.386. The third-order valence-corrected chi connectivity index (χ3v) is 5.77. The summed E-state index contributed by atoms with van der Waals surface area (Å²) in [6.07, 6.45) is 1.42. The molecule has 2 amide bonds. The molecule has 0 bridgehead atoms. The number of benzene rings is 2. The van der Waals surface area contributed by atoms with Gasteiger partial charge in [-0.05, 0) is 36.7 Å². The number of nitrogens with one attached hydrogen (secondary N) is 1. The fourth-order valence-electron chi connectivity index (χ4n) is 3.96. The topological polar surface area (TPSA) is 90.6 Å². The van der Waals surface area contributed by atoms with Gasteiger partial charge < -0.3 is 14.8 Å². The van der Waals surface area contributed by atoms with Crippen LogP contribution in [0.4, 0.5) is 0 Å². The number of hydrogen-bond acceptors (Lipinski definition) is 4. The van der Waals surface area contributed by atoms with E-state index < -0.39 is 16.9 Å². The Morgan fingerprint density at radius 1 is 0.968 bits per heavy atom. The second-order valence-corrected chi connectivity index (χ2v) is 7.84. The van der Waals surface area contributed by atoms with Crippen LogP contribution >= 0.6 is 11.6 Å². The molecule has 2 heterocycles. The fraction of sp³-hybridized carbons (Fsp3) is 0.217. The average molecular weight is 438 g/mol. The number of carbonyl (C=O) groups excluding carboxylic acids is 4. The summed E-state index contributed by atoms with van der Waals surface area (Å²) in [6, 6.07) is 13.5. The molecule has 1 saturated heterocycles. The lowest BCUT2D eigenvalue weighted by atomic mass is 10.0. The van der Waals surface area contributed by atoms with E-state index in [9.17, 15) is 19.2 Å². The highest BCUT2D eigenvalue weighted by molar-refractivity contribution is 6.68. The number of para-hydroxylation sites is 1. The van der Waals surface area contributed by atoms with Gasteiger partial charge in [0.05, 0.1) is 16.6 Å². The molecule has 7 nitrogen and oxygen atoms in total. The minimum Gasteiger partial charge on any atom is -0.360 e. The van der Waals surface area contributed by atoms with Crippen molar-refractivity contribution >= 4 is 45.3 Å². The van der Waals surface area contributed by atoms with Gasteiger partial charge in [-0.3, -0.25) is 19.2 Å². The summed E-state index contributed by atoms with van der Waals surface area (Å²) in [5.74, 6) is -1.40. The number of rotatable bonds is 4. The predicted molar refractivity (Wildman–Crippen MR) is 116 cm³/mol. The molecule has 1 aliphatic rings. The standard InChI is InChI=1S/C23H20ClN3O4/c1-14-13-26(22(30)15-6-3-2-4-7-15)10-11-27(14)23(31)20(28)18-12-25-19-16(18)8-5-9-17(19)21(24)29/h2-9,12,14,25H,10-11,13H2,1H3/t14-/m1/s1. The number of ketones is 1. The molecule has 1 N–H and O–H groups in total. The monoisotopic (exact) mass is 437 g/mol. The third-order valence-electron chi connectivity index (χ3n) is 5.56. The van der Waals surface area contributed by atoms with Gasteiger partial charge in [-0.1, -0.05) is 30.3 Å². The van der Waals surface area contributed by atoms with Gasteiger partial charge >= 0.3 is 0 Å². The van der Waals surface area contributed by atoms with Gasteiger partial charge in [0.25, 0.3) is 22.8 Å². The number of Topliss-reactive ketones (excluding diaryl/α,β-unsaturated/α-hetero) is 1. The Bertz CT molecular complexity index is 1190. The summed E-state index contributed by atoms with van der Waals surface area (Å²) in [5, 5.41) is -0.180. The van der Waals surface area contributed by atoms with Crippen molar-refractivity contribution in [2.75, 3.05) is 19.6 Å². The maximum atomic E-state index is 13.0. The van der Waals surface area contributed by atoms with Crippen LogP contribution in [0.5, 0.6) is 0 Å². The van der Waals surface area contributed by atoms with E-state index in [1.54, 1.807) is 47.4 Å². The highest BCUT2D eigenvalue weighted by Crippen LogP contribution is 2.24. The number of fused-ring (bicyclic) bond motifs is 1. The second-order valence-electron chi connectivity index (χ2n) is 7.50. The van der Waals surface area contributed by atoms with Crippen LogP contribution in [0.3, 0.4) is 0 Å². The number of aromatic nitrogens is 1. The summed E-state index contributed by atoms with van der Waals surface area (Å²) in [6.45, 7) is 2.76. The highest BCUT2D eigenvalue weighted by Gasteiger charge is 2.34. The number of carbonyl (C=O) groups is 4. The molecule has 0 aliphatic carbocycles. The minimum absolute atomic E-state index is 0.0965. The molecule has 31 heavy (non-hydrogen) atoms. The van der Waals surface area contributed by atoms with Crippen LogP contribution in [-0.4, -0.2) is 63.3 Å². The number of nitrogens with zero attached hydrogens (tertiary/aromatic N) is 2. The third kappa shape index (κ3) is 3.84. The van der Waals surface area contributed by atoms with Crippen LogP contribution in [0.2, 0.25) is 0 Å². The molecule has 1 aliphatic heterocycles. The first-order valence-electron chi connectivity index (χ1n) is 9.88. The first-order chi connectivity index (χ1) is 14.9. The first-order valence-corrected chi connectivity index (χ1v) is 10.3. The van der Waals surface area contributed by atoms with E-state index in [1.165, 1.54) is 11.1 Å². The Labute approximate surface area is 183 Å². The smallest absolute Gasteiger partial charge is 0.295 e. The minimum atomic E-state index is -0.667. The Kier molecular flexibility index (Phi) is 5.61. The van der Waals surface area contributed by atoms with Gasteiger partial charge in [-0.25, -0.2) is 0 Å². The molecule has 2 aromatic carbocycles. The number of piperazine rings is 1. The van der Waals surface area contributed by atoms with Gasteiger partial charge in [-0.2, -0.15) is 0 Å². The van der Waals surface area contributed by atoms with Crippen LogP contribution in [-0.2, 0) is 4.79 Å². The molecule has 0 unspecified atom stereocenters. The van der Waals surface area contributed by atoms with Crippen molar-refractivity contribution in [3.8, 4) is 0 Å². The summed E-state index contributed by atoms with van der Waals surface area (Å²) in [4.78, 5) is 56.3. The number of halogens is 1. The molecule has 8 heteroatoms. The lowest BCUT2D eigenvalue weighted by Crippen LogP contribution is -2.56. The molecule has 0 spiro atoms. The molecular weight excluding hydrogens is 418 g/mol. The average Bonchev–Trinajstić information content (AvgIpc) is 3.22. The van der Waals surface area contributed by atoms with E-state index in [4.69, 9.17) is 11.6 Å². The van der Waals surface area contributed by atoms with Gasteiger partial charge in [-0.15, -0.1) is 0 Å². The molecule has 3 aromatic rings. The normalized spacial score (nSPS) is 16.4. The number of amides is 2. The summed E-state index contributed by atoms with van der Waals surface area (Å²) in [5.41, 5.74) is 1.45. The van der Waals surface area contributed by atoms with Crippen molar-refractivity contribution in [2.24, 2.45) is 0 Å². The van der Waals surface area contributed by atoms with Crippen molar-refractivity contribution in [1.82, 2.24) is 14.8 Å². The molecule has 1 aromatic heterocycles. The molecular formula is C23H20ClN3O4. The van der Waals surface area contributed by atoms with Gasteiger partial charge in [0.15, 0.2) is 0 Å². The number of H-pyrrole nitrogens is 1. The Morgan fingerprint density at radius 2 is 1.71 bits per heavy atom. The summed E-state index contributed by atoms with van der Waals surface area (Å²) < 4.78 is 0. The van der Waals surface area contributed by atoms with E-state index in [2.05, 4.69) is 4.98 Å². The van der Waals surface area contributed by atoms with Crippen molar-refractivity contribution in [3.63, 3.8) is 0 Å². The molecule has 1 atom stereocenters. The summed E-state index contributed by atoms with van der Waals surface area (Å²) >= 11 is 5.61. The Balaban J connectivity index is 1.51. The van der Waals surface area contributed by atoms with E-state index >= 15 is 0 Å². The van der Waals surface area contributed by atoms with Crippen LogP contribution in [0.1, 0.15) is 38.0 Å². The fourth-order valence-corrected chi connectivity index (χ4v) is 4.12. The Hall–Kier alpha value is -3.45. The molecule has 158 valence electrons.